The van der Waals surface area contributed by atoms with Crippen LogP contribution in [-0.2, 0) is 10.3 Å². The van der Waals surface area contributed by atoms with Crippen molar-refractivity contribution in [2.75, 3.05) is 6.61 Å². The van der Waals surface area contributed by atoms with Crippen molar-refractivity contribution in [3.8, 4) is 0 Å². The minimum Gasteiger partial charge on any atom is -0.390 e. The van der Waals surface area contributed by atoms with Crippen LogP contribution in [0, 0.1) is 0 Å². The molecule has 0 saturated carbocycles. The van der Waals surface area contributed by atoms with E-state index in [-0.39, 0.29) is 0 Å². The number of hydrogen-bond acceptors (Lipinski definition) is 2. The molecule has 2 heteroatoms. The van der Waals surface area contributed by atoms with E-state index in [1.165, 1.54) is 0 Å². The first-order valence-electron chi connectivity index (χ1n) is 6.91. The van der Waals surface area contributed by atoms with Crippen molar-refractivity contribution < 1.29 is 9.84 Å². The van der Waals surface area contributed by atoms with Crippen LogP contribution in [0.5, 0.6) is 0 Å². The van der Waals surface area contributed by atoms with Gasteiger partial charge in [0.2, 0.25) is 0 Å². The van der Waals surface area contributed by atoms with E-state index in [0.717, 1.165) is 12.0 Å². The molecule has 0 saturated heterocycles. The zero-order valence-electron chi connectivity index (χ0n) is 12.0. The molecule has 20 heavy (non-hydrogen) atoms. The number of aliphatic hydroxyl groups excluding tert-OH is 1. The summed E-state index contributed by atoms with van der Waals surface area (Å²) in [7, 11) is 0. The van der Waals surface area contributed by atoms with Crippen LogP contribution in [0.3, 0.4) is 0 Å². The molecule has 2 atom stereocenters. The molecule has 1 aromatic rings. The SMILES string of the molecule is C=CCC[C@H](O)[C@](CC=C)(OCC=C)c1ccccc1. The molecule has 2 nitrogen and oxygen atoms in total. The fourth-order valence-electron chi connectivity index (χ4n) is 2.34. The first-order chi connectivity index (χ1) is 9.71. The van der Waals surface area contributed by atoms with Crippen molar-refractivity contribution in [2.45, 2.75) is 31.0 Å². The van der Waals surface area contributed by atoms with Crippen molar-refractivity contribution in [3.63, 3.8) is 0 Å². The summed E-state index contributed by atoms with van der Waals surface area (Å²) in [5.41, 5.74) is 0.179. The van der Waals surface area contributed by atoms with Gasteiger partial charge in [0.1, 0.15) is 5.60 Å². The number of rotatable bonds is 10. The fraction of sp³-hybridized carbons (Fsp3) is 0.333. The fourth-order valence-corrected chi connectivity index (χ4v) is 2.34. The highest BCUT2D eigenvalue weighted by molar-refractivity contribution is 5.25. The maximum Gasteiger partial charge on any atom is 0.123 e. The minimum atomic E-state index is -0.778. The topological polar surface area (TPSA) is 29.5 Å². The van der Waals surface area contributed by atoms with Crippen LogP contribution in [0.1, 0.15) is 24.8 Å². The largest absolute Gasteiger partial charge is 0.390 e. The molecule has 0 radical (unpaired) electrons. The van der Waals surface area contributed by atoms with Gasteiger partial charge in [0, 0.05) is 6.42 Å². The van der Waals surface area contributed by atoms with E-state index in [9.17, 15) is 5.11 Å². The zero-order chi connectivity index (χ0) is 14.8. The molecule has 0 unspecified atom stereocenters. The van der Waals surface area contributed by atoms with Crippen LogP contribution < -0.4 is 0 Å². The van der Waals surface area contributed by atoms with Gasteiger partial charge in [-0.2, -0.15) is 0 Å². The van der Waals surface area contributed by atoms with Gasteiger partial charge in [-0.1, -0.05) is 48.6 Å². The van der Waals surface area contributed by atoms with Crippen molar-refractivity contribution in [3.05, 3.63) is 73.9 Å². The number of hydrogen-bond donors (Lipinski definition) is 1. The van der Waals surface area contributed by atoms with Gasteiger partial charge < -0.3 is 9.84 Å². The third-order valence-corrected chi connectivity index (χ3v) is 3.35. The summed E-state index contributed by atoms with van der Waals surface area (Å²) in [6, 6.07) is 9.80. The first-order valence-corrected chi connectivity index (χ1v) is 6.91. The summed E-state index contributed by atoms with van der Waals surface area (Å²) in [5, 5.41) is 10.6. The quantitative estimate of drug-likeness (QED) is 0.653. The number of ether oxygens (including phenoxy) is 1. The molecule has 1 aromatic carbocycles. The van der Waals surface area contributed by atoms with Crippen LogP contribution in [0.25, 0.3) is 0 Å². The average Bonchev–Trinajstić information content (AvgIpc) is 2.50. The van der Waals surface area contributed by atoms with Crippen molar-refractivity contribution in [2.24, 2.45) is 0 Å². The normalized spacial score (nSPS) is 15.1. The van der Waals surface area contributed by atoms with E-state index >= 15 is 0 Å². The van der Waals surface area contributed by atoms with Gasteiger partial charge in [-0.05, 0) is 18.4 Å². The van der Waals surface area contributed by atoms with Gasteiger partial charge in [-0.25, -0.2) is 0 Å². The molecule has 1 rings (SSSR count). The molecular formula is C18H24O2. The molecule has 0 amide bonds. The van der Waals surface area contributed by atoms with E-state index in [1.54, 1.807) is 18.2 Å². The van der Waals surface area contributed by atoms with Gasteiger partial charge in [0.15, 0.2) is 0 Å². The lowest BCUT2D eigenvalue weighted by Crippen LogP contribution is -2.42. The van der Waals surface area contributed by atoms with Crippen molar-refractivity contribution >= 4 is 0 Å². The highest BCUT2D eigenvalue weighted by Crippen LogP contribution is 2.36. The lowest BCUT2D eigenvalue weighted by Gasteiger charge is -2.37. The van der Waals surface area contributed by atoms with E-state index in [4.69, 9.17) is 4.74 Å². The maximum absolute atomic E-state index is 10.6. The minimum absolute atomic E-state index is 0.383. The van der Waals surface area contributed by atoms with Gasteiger partial charge >= 0.3 is 0 Å². The van der Waals surface area contributed by atoms with E-state index in [0.29, 0.717) is 19.4 Å². The Morgan fingerprint density at radius 3 is 2.35 bits per heavy atom. The smallest absolute Gasteiger partial charge is 0.123 e. The van der Waals surface area contributed by atoms with Crippen molar-refractivity contribution in [1.29, 1.82) is 0 Å². The summed E-state index contributed by atoms with van der Waals surface area (Å²) in [6.45, 7) is 11.6. The standard InChI is InChI=1S/C18H24O2/c1-4-7-13-17(19)18(14-5-2,20-15-6-3)16-11-9-8-10-12-16/h4-6,8-12,17,19H,1-3,7,13-15H2/t17-,18+/m0/s1. The Labute approximate surface area is 122 Å². The summed E-state index contributed by atoms with van der Waals surface area (Å²) in [6.07, 6.45) is 6.55. The second kappa shape index (κ2) is 8.51. The Morgan fingerprint density at radius 1 is 1.10 bits per heavy atom. The van der Waals surface area contributed by atoms with Gasteiger partial charge in [0.05, 0.1) is 12.7 Å². The van der Waals surface area contributed by atoms with Crippen LogP contribution in [-0.4, -0.2) is 17.8 Å². The molecule has 0 spiro atoms. The van der Waals surface area contributed by atoms with Crippen LogP contribution in [0.4, 0.5) is 0 Å². The van der Waals surface area contributed by atoms with Gasteiger partial charge in [-0.15, -0.1) is 19.7 Å². The predicted molar refractivity (Wildman–Crippen MR) is 84.5 cm³/mol. The molecule has 0 aliphatic heterocycles. The van der Waals surface area contributed by atoms with E-state index < -0.39 is 11.7 Å². The summed E-state index contributed by atoms with van der Waals surface area (Å²) < 4.78 is 5.99. The van der Waals surface area contributed by atoms with Gasteiger partial charge in [0.25, 0.3) is 0 Å². The van der Waals surface area contributed by atoms with Crippen LogP contribution in [0.15, 0.2) is 68.3 Å². The molecular weight excluding hydrogens is 248 g/mol. The zero-order valence-corrected chi connectivity index (χ0v) is 12.0. The Bertz CT molecular complexity index is 424. The highest BCUT2D eigenvalue weighted by Gasteiger charge is 2.39. The van der Waals surface area contributed by atoms with Crippen LogP contribution in [0.2, 0.25) is 0 Å². The Hall–Kier alpha value is -1.64. The average molecular weight is 272 g/mol. The lowest BCUT2D eigenvalue weighted by atomic mass is 9.82. The van der Waals surface area contributed by atoms with Crippen molar-refractivity contribution in [1.82, 2.24) is 0 Å². The lowest BCUT2D eigenvalue weighted by molar-refractivity contribution is -0.122. The van der Waals surface area contributed by atoms with Crippen LogP contribution >= 0.6 is 0 Å². The molecule has 1 N–H and O–H groups in total. The molecule has 0 bridgehead atoms. The van der Waals surface area contributed by atoms with Gasteiger partial charge in [-0.3, -0.25) is 0 Å². The Kier molecular flexibility index (Phi) is 6.99. The number of allylic oxidation sites excluding steroid dienone is 1. The number of benzene rings is 1. The Balaban J connectivity index is 3.15. The Morgan fingerprint density at radius 2 is 1.80 bits per heavy atom. The number of aliphatic hydroxyl groups is 1. The van der Waals surface area contributed by atoms with E-state index in [2.05, 4.69) is 19.7 Å². The molecule has 0 heterocycles. The molecule has 0 aliphatic rings. The third-order valence-electron chi connectivity index (χ3n) is 3.35. The maximum atomic E-state index is 10.6. The summed E-state index contributed by atoms with van der Waals surface area (Å²) in [5.74, 6) is 0. The van der Waals surface area contributed by atoms with E-state index in [1.807, 2.05) is 30.3 Å². The molecule has 0 aliphatic carbocycles. The highest BCUT2D eigenvalue weighted by atomic mass is 16.5. The third kappa shape index (κ3) is 3.92. The molecule has 0 aromatic heterocycles. The molecule has 108 valence electrons. The first kappa shape index (κ1) is 16.4. The predicted octanol–water partition coefficient (Wildman–Crippen LogP) is 3.99. The summed E-state index contributed by atoms with van der Waals surface area (Å²) in [4.78, 5) is 0. The second-order valence-corrected chi connectivity index (χ2v) is 4.73. The monoisotopic (exact) mass is 272 g/mol. The second-order valence-electron chi connectivity index (χ2n) is 4.73. The molecule has 0 fully saturated rings. The summed E-state index contributed by atoms with van der Waals surface area (Å²) >= 11 is 0.